The fourth-order valence-corrected chi connectivity index (χ4v) is 1.51. The molecule has 0 amide bonds. The van der Waals surface area contributed by atoms with E-state index < -0.39 is 0 Å². The number of nitrogens with zero attached hydrogens (tertiary/aromatic N) is 1. The van der Waals surface area contributed by atoms with E-state index in [0.717, 1.165) is 24.9 Å². The number of halogens is 1. The molecule has 0 aromatic carbocycles. The Morgan fingerprint density at radius 3 is 2.33 bits per heavy atom. The maximum absolute atomic E-state index is 5.67. The van der Waals surface area contributed by atoms with Gasteiger partial charge in [-0.3, -0.25) is 0 Å². The van der Waals surface area contributed by atoms with E-state index in [2.05, 4.69) is 25.7 Å². The van der Waals surface area contributed by atoms with Gasteiger partial charge >= 0.3 is 0 Å². The van der Waals surface area contributed by atoms with Crippen molar-refractivity contribution in [2.45, 2.75) is 33.6 Å². The molecule has 0 aliphatic heterocycles. The first-order valence-corrected chi connectivity index (χ1v) is 5.52. The number of alkyl halides is 1. The Balaban J connectivity index is 3.31. The van der Waals surface area contributed by atoms with Crippen LogP contribution in [0.1, 0.15) is 33.6 Å². The molecule has 0 N–H and O–H groups in total. The number of hydrogen-bond donors (Lipinski definition) is 0. The zero-order valence-corrected chi connectivity index (χ0v) is 9.40. The highest BCUT2D eigenvalue weighted by Gasteiger charge is 2.01. The van der Waals surface area contributed by atoms with Gasteiger partial charge in [0.05, 0.1) is 0 Å². The molecule has 0 rings (SSSR count). The van der Waals surface area contributed by atoms with Crippen LogP contribution in [0.4, 0.5) is 0 Å². The van der Waals surface area contributed by atoms with Crippen LogP contribution >= 0.6 is 11.6 Å². The third kappa shape index (κ3) is 6.93. The molecule has 0 radical (unpaired) electrons. The van der Waals surface area contributed by atoms with Gasteiger partial charge in [0.1, 0.15) is 0 Å². The minimum atomic E-state index is 0.759. The molecule has 0 spiro atoms. The van der Waals surface area contributed by atoms with Crippen molar-refractivity contribution in [3.05, 3.63) is 0 Å². The van der Waals surface area contributed by atoms with Gasteiger partial charge < -0.3 is 4.90 Å². The Kier molecular flexibility index (Phi) is 8.04. The second-order valence-electron chi connectivity index (χ2n) is 3.66. The summed E-state index contributed by atoms with van der Waals surface area (Å²) in [4.78, 5) is 2.41. The van der Waals surface area contributed by atoms with Crippen LogP contribution in [0.3, 0.4) is 0 Å². The largest absolute Gasteiger partial charge is 0.302 e. The van der Waals surface area contributed by atoms with Crippen molar-refractivity contribution in [2.24, 2.45) is 5.92 Å². The van der Waals surface area contributed by atoms with E-state index in [0.29, 0.717) is 0 Å². The predicted octanol–water partition coefficient (Wildman–Crippen LogP) is 2.98. The van der Waals surface area contributed by atoms with Crippen molar-refractivity contribution >= 4 is 11.6 Å². The van der Waals surface area contributed by atoms with Crippen LogP contribution in [-0.4, -0.2) is 30.4 Å². The Bertz CT molecular complexity index is 93.8. The Labute approximate surface area is 82.1 Å². The van der Waals surface area contributed by atoms with Gasteiger partial charge in [-0.2, -0.15) is 0 Å². The predicted molar refractivity (Wildman–Crippen MR) is 56.9 cm³/mol. The fourth-order valence-electron chi connectivity index (χ4n) is 1.27. The van der Waals surface area contributed by atoms with Gasteiger partial charge in [0.15, 0.2) is 0 Å². The summed E-state index contributed by atoms with van der Waals surface area (Å²) in [6.07, 6.45) is 2.64. The molecular formula is C10H22ClN. The van der Waals surface area contributed by atoms with Gasteiger partial charge in [0.2, 0.25) is 0 Å². The summed E-state index contributed by atoms with van der Waals surface area (Å²) in [5.74, 6) is 1.59. The lowest BCUT2D eigenvalue weighted by Gasteiger charge is -2.19. The summed E-state index contributed by atoms with van der Waals surface area (Å²) < 4.78 is 0. The molecule has 0 aliphatic carbocycles. The zero-order chi connectivity index (χ0) is 9.40. The van der Waals surface area contributed by atoms with Crippen LogP contribution in [0.25, 0.3) is 0 Å². The van der Waals surface area contributed by atoms with Crippen molar-refractivity contribution in [1.82, 2.24) is 4.90 Å². The molecule has 12 heavy (non-hydrogen) atoms. The lowest BCUT2D eigenvalue weighted by Crippen LogP contribution is -2.26. The molecule has 0 saturated heterocycles. The monoisotopic (exact) mass is 191 g/mol. The zero-order valence-electron chi connectivity index (χ0n) is 8.65. The lowest BCUT2D eigenvalue weighted by molar-refractivity contribution is 0.292. The summed E-state index contributed by atoms with van der Waals surface area (Å²) in [5, 5.41) is 0. The standard InChI is InChI=1S/C10H22ClN/c1-4-12(9-7-11)8-5-6-10(2)3/h10H,4-9H2,1-3H3. The molecule has 0 saturated carbocycles. The minimum Gasteiger partial charge on any atom is -0.302 e. The van der Waals surface area contributed by atoms with Crippen LogP contribution in [-0.2, 0) is 0 Å². The average molecular weight is 192 g/mol. The van der Waals surface area contributed by atoms with E-state index in [9.17, 15) is 0 Å². The van der Waals surface area contributed by atoms with Crippen LogP contribution in [0.5, 0.6) is 0 Å². The molecule has 74 valence electrons. The Morgan fingerprint density at radius 2 is 1.92 bits per heavy atom. The van der Waals surface area contributed by atoms with Gasteiger partial charge in [-0.25, -0.2) is 0 Å². The third-order valence-corrected chi connectivity index (χ3v) is 2.27. The van der Waals surface area contributed by atoms with Crippen molar-refractivity contribution in [2.75, 3.05) is 25.5 Å². The second-order valence-corrected chi connectivity index (χ2v) is 4.04. The quantitative estimate of drug-likeness (QED) is 0.560. The topological polar surface area (TPSA) is 3.24 Å². The van der Waals surface area contributed by atoms with Gasteiger partial charge in [-0.05, 0) is 31.8 Å². The van der Waals surface area contributed by atoms with Gasteiger partial charge in [-0.1, -0.05) is 20.8 Å². The van der Waals surface area contributed by atoms with Crippen molar-refractivity contribution in [3.63, 3.8) is 0 Å². The van der Waals surface area contributed by atoms with Crippen molar-refractivity contribution in [1.29, 1.82) is 0 Å². The summed E-state index contributed by atoms with van der Waals surface area (Å²) >= 11 is 5.67. The first-order valence-electron chi connectivity index (χ1n) is 4.99. The number of rotatable bonds is 7. The molecule has 0 bridgehead atoms. The SMILES string of the molecule is CCN(CCCl)CCCC(C)C. The summed E-state index contributed by atoms with van der Waals surface area (Å²) in [5.41, 5.74) is 0. The Morgan fingerprint density at radius 1 is 1.25 bits per heavy atom. The van der Waals surface area contributed by atoms with Crippen molar-refractivity contribution in [3.8, 4) is 0 Å². The number of hydrogen-bond acceptors (Lipinski definition) is 1. The van der Waals surface area contributed by atoms with Gasteiger partial charge in [0, 0.05) is 12.4 Å². The molecule has 0 aromatic rings. The van der Waals surface area contributed by atoms with Crippen LogP contribution < -0.4 is 0 Å². The summed E-state index contributed by atoms with van der Waals surface area (Å²) in [7, 11) is 0. The highest BCUT2D eigenvalue weighted by atomic mass is 35.5. The maximum Gasteiger partial charge on any atom is 0.0351 e. The first-order chi connectivity index (χ1) is 5.70. The minimum absolute atomic E-state index is 0.759. The summed E-state index contributed by atoms with van der Waals surface area (Å²) in [6, 6.07) is 0. The molecule has 0 aromatic heterocycles. The summed E-state index contributed by atoms with van der Waals surface area (Å²) in [6.45, 7) is 10.1. The highest BCUT2D eigenvalue weighted by molar-refractivity contribution is 6.18. The van der Waals surface area contributed by atoms with Crippen LogP contribution in [0.2, 0.25) is 0 Å². The highest BCUT2D eigenvalue weighted by Crippen LogP contribution is 2.04. The molecule has 0 fully saturated rings. The van der Waals surface area contributed by atoms with E-state index in [1.165, 1.54) is 19.4 Å². The molecule has 2 heteroatoms. The van der Waals surface area contributed by atoms with E-state index in [1.807, 2.05) is 0 Å². The van der Waals surface area contributed by atoms with E-state index in [1.54, 1.807) is 0 Å². The van der Waals surface area contributed by atoms with Gasteiger partial charge in [0.25, 0.3) is 0 Å². The average Bonchev–Trinajstić information content (AvgIpc) is 2.02. The van der Waals surface area contributed by atoms with Gasteiger partial charge in [-0.15, -0.1) is 11.6 Å². The lowest BCUT2D eigenvalue weighted by atomic mass is 10.1. The molecule has 0 aliphatic rings. The molecule has 0 atom stereocenters. The second kappa shape index (κ2) is 7.88. The fraction of sp³-hybridized carbons (Fsp3) is 1.00. The molecular weight excluding hydrogens is 170 g/mol. The van der Waals surface area contributed by atoms with Crippen LogP contribution in [0.15, 0.2) is 0 Å². The van der Waals surface area contributed by atoms with E-state index in [-0.39, 0.29) is 0 Å². The molecule has 1 nitrogen and oxygen atoms in total. The molecule has 0 heterocycles. The first kappa shape index (κ1) is 12.2. The normalized spacial score (nSPS) is 11.5. The maximum atomic E-state index is 5.67. The van der Waals surface area contributed by atoms with Crippen LogP contribution in [0, 0.1) is 5.92 Å². The molecule has 0 unspecified atom stereocenters. The third-order valence-electron chi connectivity index (χ3n) is 2.10. The van der Waals surface area contributed by atoms with E-state index >= 15 is 0 Å². The van der Waals surface area contributed by atoms with Crippen molar-refractivity contribution < 1.29 is 0 Å². The van der Waals surface area contributed by atoms with E-state index in [4.69, 9.17) is 11.6 Å². The Hall–Kier alpha value is 0.250. The smallest absolute Gasteiger partial charge is 0.0351 e.